The van der Waals surface area contributed by atoms with E-state index in [2.05, 4.69) is 24.5 Å². The van der Waals surface area contributed by atoms with Crippen LogP contribution in [0.25, 0.3) is 0 Å². The smallest absolute Gasteiger partial charge is 0.220 e. The molecule has 0 atom stereocenters. The van der Waals surface area contributed by atoms with E-state index < -0.39 is 0 Å². The molecule has 1 aliphatic heterocycles. The topological polar surface area (TPSA) is 41.1 Å². The van der Waals surface area contributed by atoms with E-state index in [0.29, 0.717) is 17.8 Å². The molecule has 2 rings (SSSR count). The third kappa shape index (κ3) is 3.71. The summed E-state index contributed by atoms with van der Waals surface area (Å²) in [6, 6.07) is 0. The third-order valence-corrected chi connectivity index (χ3v) is 4.51. The van der Waals surface area contributed by atoms with Crippen LogP contribution in [0.2, 0.25) is 0 Å². The number of hydrogen-bond acceptors (Lipinski definition) is 2. The van der Waals surface area contributed by atoms with Crippen molar-refractivity contribution in [2.24, 2.45) is 17.3 Å². The SMILES string of the molecule is CC(C)CC1(CNC(=O)CC2CNC2)CCCC1. The van der Waals surface area contributed by atoms with Gasteiger partial charge in [0.1, 0.15) is 0 Å². The van der Waals surface area contributed by atoms with Crippen LogP contribution in [0.5, 0.6) is 0 Å². The Morgan fingerprint density at radius 2 is 2.00 bits per heavy atom. The van der Waals surface area contributed by atoms with E-state index >= 15 is 0 Å². The number of nitrogens with one attached hydrogen (secondary N) is 2. The molecule has 1 amide bonds. The van der Waals surface area contributed by atoms with Gasteiger partial charge in [-0.1, -0.05) is 26.7 Å². The second-order valence-electron chi connectivity index (χ2n) is 6.81. The second kappa shape index (κ2) is 6.05. The first-order valence-electron chi connectivity index (χ1n) is 7.57. The van der Waals surface area contributed by atoms with Crippen molar-refractivity contribution in [1.82, 2.24) is 10.6 Å². The molecular formula is C15H28N2O. The standard InChI is InChI=1S/C15H28N2O/c1-12(2)8-15(5-3-4-6-15)11-17-14(18)7-13-9-16-10-13/h12-13,16H,3-11H2,1-2H3,(H,17,18). The van der Waals surface area contributed by atoms with E-state index in [1.807, 2.05) is 0 Å². The summed E-state index contributed by atoms with van der Waals surface area (Å²) >= 11 is 0. The average Bonchev–Trinajstić information content (AvgIpc) is 2.69. The summed E-state index contributed by atoms with van der Waals surface area (Å²) in [5.41, 5.74) is 0.404. The summed E-state index contributed by atoms with van der Waals surface area (Å²) in [4.78, 5) is 11.9. The molecule has 1 saturated heterocycles. The van der Waals surface area contributed by atoms with Crippen LogP contribution < -0.4 is 10.6 Å². The lowest BCUT2D eigenvalue weighted by Gasteiger charge is -2.32. The molecule has 1 heterocycles. The molecule has 3 nitrogen and oxygen atoms in total. The van der Waals surface area contributed by atoms with Crippen molar-refractivity contribution < 1.29 is 4.79 Å². The summed E-state index contributed by atoms with van der Waals surface area (Å²) in [5.74, 6) is 1.57. The van der Waals surface area contributed by atoms with Gasteiger partial charge in [-0.25, -0.2) is 0 Å². The van der Waals surface area contributed by atoms with E-state index in [0.717, 1.165) is 25.6 Å². The Morgan fingerprint density at radius 3 is 2.50 bits per heavy atom. The van der Waals surface area contributed by atoms with Crippen LogP contribution >= 0.6 is 0 Å². The molecule has 2 fully saturated rings. The lowest BCUT2D eigenvalue weighted by atomic mass is 9.78. The minimum Gasteiger partial charge on any atom is -0.356 e. The largest absolute Gasteiger partial charge is 0.356 e. The zero-order chi connectivity index (χ0) is 13.0. The van der Waals surface area contributed by atoms with Gasteiger partial charge < -0.3 is 10.6 Å². The zero-order valence-corrected chi connectivity index (χ0v) is 11.9. The number of carbonyl (C=O) groups is 1. The van der Waals surface area contributed by atoms with Crippen LogP contribution in [-0.4, -0.2) is 25.5 Å². The number of rotatable bonds is 6. The molecule has 0 aromatic heterocycles. The molecule has 0 unspecified atom stereocenters. The van der Waals surface area contributed by atoms with E-state index in [1.165, 1.54) is 32.1 Å². The highest BCUT2D eigenvalue weighted by Gasteiger charge is 2.34. The van der Waals surface area contributed by atoms with Crippen molar-refractivity contribution in [1.29, 1.82) is 0 Å². The summed E-state index contributed by atoms with van der Waals surface area (Å²) in [7, 11) is 0. The molecule has 0 aromatic carbocycles. The molecule has 0 spiro atoms. The maximum atomic E-state index is 11.9. The molecule has 0 radical (unpaired) electrons. The highest BCUT2D eigenvalue weighted by Crippen LogP contribution is 2.42. The van der Waals surface area contributed by atoms with E-state index in [4.69, 9.17) is 0 Å². The van der Waals surface area contributed by atoms with Gasteiger partial charge in [-0.2, -0.15) is 0 Å². The first-order chi connectivity index (χ1) is 8.60. The molecule has 0 bridgehead atoms. The molecule has 1 aliphatic carbocycles. The quantitative estimate of drug-likeness (QED) is 0.761. The molecule has 3 heteroatoms. The summed E-state index contributed by atoms with van der Waals surface area (Å²) in [6.45, 7) is 7.53. The van der Waals surface area contributed by atoms with Gasteiger partial charge in [0, 0.05) is 13.0 Å². The normalized spacial score (nSPS) is 23.1. The summed E-state index contributed by atoms with van der Waals surface area (Å²) in [6.07, 6.45) is 7.26. The van der Waals surface area contributed by atoms with Gasteiger partial charge in [0.15, 0.2) is 0 Å². The predicted octanol–water partition coefficient (Wildman–Crippen LogP) is 2.32. The minimum absolute atomic E-state index is 0.261. The van der Waals surface area contributed by atoms with E-state index in [-0.39, 0.29) is 5.91 Å². The van der Waals surface area contributed by atoms with Crippen LogP contribution in [-0.2, 0) is 4.79 Å². The highest BCUT2D eigenvalue weighted by atomic mass is 16.1. The second-order valence-corrected chi connectivity index (χ2v) is 6.81. The number of hydrogen-bond donors (Lipinski definition) is 2. The lowest BCUT2D eigenvalue weighted by Crippen LogP contribution is -2.45. The Morgan fingerprint density at radius 1 is 1.33 bits per heavy atom. The Labute approximate surface area is 111 Å². The number of carbonyl (C=O) groups excluding carboxylic acids is 1. The van der Waals surface area contributed by atoms with Crippen LogP contribution in [0.4, 0.5) is 0 Å². The fourth-order valence-corrected chi connectivity index (χ4v) is 3.56. The number of amides is 1. The average molecular weight is 252 g/mol. The molecule has 18 heavy (non-hydrogen) atoms. The molecule has 2 aliphatic rings. The molecule has 2 N–H and O–H groups in total. The van der Waals surface area contributed by atoms with Crippen molar-refractivity contribution in [2.75, 3.05) is 19.6 Å². The molecule has 104 valence electrons. The summed E-state index contributed by atoms with van der Waals surface area (Å²) < 4.78 is 0. The molecular weight excluding hydrogens is 224 g/mol. The van der Waals surface area contributed by atoms with Gasteiger partial charge in [0.05, 0.1) is 0 Å². The monoisotopic (exact) mass is 252 g/mol. The van der Waals surface area contributed by atoms with Crippen LogP contribution in [0, 0.1) is 17.3 Å². The third-order valence-electron chi connectivity index (χ3n) is 4.51. The Kier molecular flexibility index (Phi) is 4.66. The lowest BCUT2D eigenvalue weighted by molar-refractivity contribution is -0.123. The van der Waals surface area contributed by atoms with Gasteiger partial charge in [0.25, 0.3) is 0 Å². The van der Waals surface area contributed by atoms with Gasteiger partial charge in [-0.15, -0.1) is 0 Å². The fourth-order valence-electron chi connectivity index (χ4n) is 3.56. The molecule has 0 aromatic rings. The van der Waals surface area contributed by atoms with Crippen molar-refractivity contribution in [3.8, 4) is 0 Å². The zero-order valence-electron chi connectivity index (χ0n) is 11.9. The first-order valence-corrected chi connectivity index (χ1v) is 7.57. The van der Waals surface area contributed by atoms with Gasteiger partial charge in [0.2, 0.25) is 5.91 Å². The van der Waals surface area contributed by atoms with Crippen LogP contribution in [0.3, 0.4) is 0 Å². The minimum atomic E-state index is 0.261. The van der Waals surface area contributed by atoms with Crippen LogP contribution in [0.1, 0.15) is 52.4 Å². The maximum absolute atomic E-state index is 11.9. The Hall–Kier alpha value is -0.570. The van der Waals surface area contributed by atoms with Crippen molar-refractivity contribution in [3.05, 3.63) is 0 Å². The van der Waals surface area contributed by atoms with E-state index in [1.54, 1.807) is 0 Å². The van der Waals surface area contributed by atoms with Gasteiger partial charge in [-0.3, -0.25) is 4.79 Å². The Bertz CT molecular complexity index is 278. The van der Waals surface area contributed by atoms with Crippen LogP contribution in [0.15, 0.2) is 0 Å². The fraction of sp³-hybridized carbons (Fsp3) is 0.933. The van der Waals surface area contributed by atoms with Crippen molar-refractivity contribution >= 4 is 5.91 Å². The summed E-state index contributed by atoms with van der Waals surface area (Å²) in [5, 5.41) is 6.42. The van der Waals surface area contributed by atoms with E-state index in [9.17, 15) is 4.79 Å². The Balaban J connectivity index is 1.76. The first kappa shape index (κ1) is 13.9. The van der Waals surface area contributed by atoms with Gasteiger partial charge in [-0.05, 0) is 49.6 Å². The van der Waals surface area contributed by atoms with Gasteiger partial charge >= 0.3 is 0 Å². The van der Waals surface area contributed by atoms with Crippen molar-refractivity contribution in [2.45, 2.75) is 52.4 Å². The maximum Gasteiger partial charge on any atom is 0.220 e. The predicted molar refractivity (Wildman–Crippen MR) is 74.3 cm³/mol. The molecule has 1 saturated carbocycles. The highest BCUT2D eigenvalue weighted by molar-refractivity contribution is 5.76. The van der Waals surface area contributed by atoms with Crippen molar-refractivity contribution in [3.63, 3.8) is 0 Å².